The van der Waals surface area contributed by atoms with Crippen molar-refractivity contribution in [2.75, 3.05) is 0 Å². The van der Waals surface area contributed by atoms with E-state index in [0.29, 0.717) is 24.3 Å². The van der Waals surface area contributed by atoms with Crippen molar-refractivity contribution in [2.24, 2.45) is 5.92 Å². The van der Waals surface area contributed by atoms with Crippen LogP contribution in [0.25, 0.3) is 0 Å². The summed E-state index contributed by atoms with van der Waals surface area (Å²) in [6, 6.07) is 0. The summed E-state index contributed by atoms with van der Waals surface area (Å²) < 4.78 is 0. The maximum Gasteiger partial charge on any atom is 0.0809 e. The van der Waals surface area contributed by atoms with Gasteiger partial charge in [-0.05, 0) is 57.4 Å². The summed E-state index contributed by atoms with van der Waals surface area (Å²) in [7, 11) is 0. The molecule has 0 unspecified atom stereocenters. The van der Waals surface area contributed by atoms with E-state index in [1.807, 2.05) is 26.0 Å². The molecule has 0 aliphatic heterocycles. The molecule has 0 aromatic carbocycles. The van der Waals surface area contributed by atoms with Gasteiger partial charge in [0.15, 0.2) is 0 Å². The topological polar surface area (TPSA) is 60.7 Å². The molecule has 0 bridgehead atoms. The number of aliphatic hydroxyl groups is 3. The van der Waals surface area contributed by atoms with Crippen molar-refractivity contribution in [1.29, 1.82) is 0 Å². The number of aliphatic hydroxyl groups excluding tert-OH is 2. The van der Waals surface area contributed by atoms with E-state index < -0.39 is 17.8 Å². The molecule has 1 rings (SSSR count). The Bertz CT molecular complexity index is 426. The minimum Gasteiger partial charge on any atom is -0.390 e. The smallest absolute Gasteiger partial charge is 0.0809 e. The Morgan fingerprint density at radius 3 is 2.33 bits per heavy atom. The summed E-state index contributed by atoms with van der Waals surface area (Å²) in [6.07, 6.45) is 12.7. The number of rotatable bonds is 9. The standard InChI is InChI=1S/C21H36O3/c1-16(11-9-13-21(3,4)24)10-7-5-6-8-12-18-14-19(22)17(2)20(23)15-18/h6,8,12,16,19-20,22-24H,2,5,7,9-11,13-15H2,1,3-4H3/t16-,19-,20-/m1/s1. The highest BCUT2D eigenvalue weighted by atomic mass is 16.3. The summed E-state index contributed by atoms with van der Waals surface area (Å²) in [4.78, 5) is 0. The third-order valence-electron chi connectivity index (χ3n) is 4.79. The van der Waals surface area contributed by atoms with Gasteiger partial charge in [-0.2, -0.15) is 0 Å². The van der Waals surface area contributed by atoms with Gasteiger partial charge in [0.1, 0.15) is 0 Å². The lowest BCUT2D eigenvalue weighted by Gasteiger charge is -2.27. The van der Waals surface area contributed by atoms with Crippen molar-refractivity contribution in [2.45, 2.75) is 89.9 Å². The first-order valence-corrected chi connectivity index (χ1v) is 9.31. The van der Waals surface area contributed by atoms with Crippen LogP contribution in [0.15, 0.2) is 36.0 Å². The van der Waals surface area contributed by atoms with Gasteiger partial charge in [0, 0.05) is 0 Å². The van der Waals surface area contributed by atoms with Gasteiger partial charge in [-0.25, -0.2) is 0 Å². The third kappa shape index (κ3) is 8.81. The van der Waals surface area contributed by atoms with E-state index in [1.54, 1.807) is 0 Å². The fraction of sp³-hybridized carbons (Fsp3) is 0.714. The van der Waals surface area contributed by atoms with Gasteiger partial charge in [-0.1, -0.05) is 56.6 Å². The first kappa shape index (κ1) is 21.1. The first-order chi connectivity index (χ1) is 11.2. The molecule has 0 radical (unpaired) electrons. The van der Waals surface area contributed by atoms with E-state index in [4.69, 9.17) is 0 Å². The maximum atomic E-state index is 9.80. The van der Waals surface area contributed by atoms with E-state index in [1.165, 1.54) is 19.3 Å². The zero-order chi connectivity index (χ0) is 18.2. The van der Waals surface area contributed by atoms with Gasteiger partial charge in [-0.15, -0.1) is 0 Å². The van der Waals surface area contributed by atoms with Gasteiger partial charge < -0.3 is 15.3 Å². The van der Waals surface area contributed by atoms with Crippen LogP contribution < -0.4 is 0 Å². The molecule has 0 aromatic heterocycles. The Kier molecular flexibility index (Phi) is 8.96. The average molecular weight is 337 g/mol. The molecular formula is C21H36O3. The summed E-state index contributed by atoms with van der Waals surface area (Å²) in [5.74, 6) is 0.703. The second kappa shape index (κ2) is 10.2. The number of hydrogen-bond donors (Lipinski definition) is 3. The van der Waals surface area contributed by atoms with Crippen molar-refractivity contribution in [3.8, 4) is 0 Å². The zero-order valence-electron chi connectivity index (χ0n) is 15.7. The summed E-state index contributed by atoms with van der Waals surface area (Å²) in [5, 5.41) is 29.3. The number of allylic oxidation sites excluding steroid dienone is 3. The third-order valence-corrected chi connectivity index (χ3v) is 4.79. The molecule has 24 heavy (non-hydrogen) atoms. The molecule has 0 saturated heterocycles. The SMILES string of the molecule is C=C1[C@H](O)CC(=CC=CCCC[C@@H](C)CCCC(C)(C)O)C[C@H]1O. The maximum absolute atomic E-state index is 9.80. The Hall–Kier alpha value is -0.900. The van der Waals surface area contributed by atoms with E-state index in [-0.39, 0.29) is 0 Å². The summed E-state index contributed by atoms with van der Waals surface area (Å²) in [6.45, 7) is 9.75. The molecule has 0 heterocycles. The molecule has 1 saturated carbocycles. The molecule has 1 aliphatic carbocycles. The summed E-state index contributed by atoms with van der Waals surface area (Å²) in [5.41, 5.74) is 1.08. The Morgan fingerprint density at radius 1 is 1.17 bits per heavy atom. The normalized spacial score (nSPS) is 23.8. The van der Waals surface area contributed by atoms with Crippen LogP contribution in [0.2, 0.25) is 0 Å². The average Bonchev–Trinajstić information content (AvgIpc) is 2.46. The van der Waals surface area contributed by atoms with Gasteiger partial charge >= 0.3 is 0 Å². The fourth-order valence-corrected chi connectivity index (χ4v) is 3.11. The summed E-state index contributed by atoms with van der Waals surface area (Å²) >= 11 is 0. The minimum absolute atomic E-state index is 0.537. The highest BCUT2D eigenvalue weighted by Gasteiger charge is 2.25. The van der Waals surface area contributed by atoms with Crippen LogP contribution >= 0.6 is 0 Å². The highest BCUT2D eigenvalue weighted by molar-refractivity contribution is 5.25. The minimum atomic E-state index is -0.613. The molecule has 0 aromatic rings. The van der Waals surface area contributed by atoms with Crippen LogP contribution in [-0.2, 0) is 0 Å². The Balaban J connectivity index is 2.17. The van der Waals surface area contributed by atoms with Crippen molar-refractivity contribution < 1.29 is 15.3 Å². The lowest BCUT2D eigenvalue weighted by Crippen LogP contribution is -2.27. The molecular weight excluding hydrogens is 300 g/mol. The van der Waals surface area contributed by atoms with Crippen LogP contribution in [0.4, 0.5) is 0 Å². The van der Waals surface area contributed by atoms with Crippen molar-refractivity contribution in [3.05, 3.63) is 36.0 Å². The molecule has 3 heteroatoms. The largest absolute Gasteiger partial charge is 0.390 e. The number of hydrogen-bond acceptors (Lipinski definition) is 3. The van der Waals surface area contributed by atoms with Crippen LogP contribution in [0.5, 0.6) is 0 Å². The molecule has 138 valence electrons. The van der Waals surface area contributed by atoms with Crippen molar-refractivity contribution in [3.63, 3.8) is 0 Å². The number of unbranched alkanes of at least 4 members (excludes halogenated alkanes) is 1. The molecule has 3 nitrogen and oxygen atoms in total. The Morgan fingerprint density at radius 2 is 1.75 bits per heavy atom. The van der Waals surface area contributed by atoms with Gasteiger partial charge in [0.05, 0.1) is 17.8 Å². The van der Waals surface area contributed by atoms with E-state index in [9.17, 15) is 15.3 Å². The van der Waals surface area contributed by atoms with Crippen LogP contribution in [-0.4, -0.2) is 33.1 Å². The fourth-order valence-electron chi connectivity index (χ4n) is 3.11. The van der Waals surface area contributed by atoms with E-state index in [0.717, 1.165) is 24.8 Å². The first-order valence-electron chi connectivity index (χ1n) is 9.31. The van der Waals surface area contributed by atoms with Gasteiger partial charge in [0.25, 0.3) is 0 Å². The predicted molar refractivity (Wildman–Crippen MR) is 101 cm³/mol. The highest BCUT2D eigenvalue weighted by Crippen LogP contribution is 2.27. The predicted octanol–water partition coefficient (Wildman–Crippen LogP) is 4.29. The van der Waals surface area contributed by atoms with Crippen molar-refractivity contribution >= 4 is 0 Å². The molecule has 0 spiro atoms. The quantitative estimate of drug-likeness (QED) is 0.435. The molecule has 3 N–H and O–H groups in total. The Labute approximate surface area is 147 Å². The monoisotopic (exact) mass is 336 g/mol. The zero-order valence-corrected chi connectivity index (χ0v) is 15.7. The van der Waals surface area contributed by atoms with Crippen LogP contribution in [0.1, 0.15) is 72.1 Å². The van der Waals surface area contributed by atoms with Crippen LogP contribution in [0, 0.1) is 5.92 Å². The van der Waals surface area contributed by atoms with E-state index in [2.05, 4.69) is 19.6 Å². The molecule has 3 atom stereocenters. The van der Waals surface area contributed by atoms with Gasteiger partial charge in [0.2, 0.25) is 0 Å². The van der Waals surface area contributed by atoms with E-state index >= 15 is 0 Å². The van der Waals surface area contributed by atoms with Gasteiger partial charge in [-0.3, -0.25) is 0 Å². The molecule has 1 aliphatic rings. The lowest BCUT2D eigenvalue weighted by atomic mass is 9.86. The van der Waals surface area contributed by atoms with Crippen molar-refractivity contribution in [1.82, 2.24) is 0 Å². The molecule has 1 fully saturated rings. The second-order valence-electron chi connectivity index (χ2n) is 8.01. The molecule has 0 amide bonds. The second-order valence-corrected chi connectivity index (χ2v) is 8.01. The van der Waals surface area contributed by atoms with Crippen LogP contribution in [0.3, 0.4) is 0 Å². The lowest BCUT2D eigenvalue weighted by molar-refractivity contribution is 0.0669.